The number of aromatic nitrogens is 3. The van der Waals surface area contributed by atoms with Gasteiger partial charge < -0.3 is 14.6 Å². The quantitative estimate of drug-likeness (QED) is 0.510. The second-order valence-electron chi connectivity index (χ2n) is 6.59. The van der Waals surface area contributed by atoms with Crippen LogP contribution in [-0.4, -0.2) is 40.6 Å². The summed E-state index contributed by atoms with van der Waals surface area (Å²) in [6.45, 7) is 5.92. The molecule has 0 atom stereocenters. The van der Waals surface area contributed by atoms with Crippen LogP contribution in [0.5, 0.6) is 5.75 Å². The lowest BCUT2D eigenvalue weighted by atomic mass is 10.1. The number of hydrogen-bond acceptors (Lipinski definition) is 5. The van der Waals surface area contributed by atoms with E-state index in [9.17, 15) is 4.79 Å². The van der Waals surface area contributed by atoms with E-state index in [2.05, 4.69) is 33.9 Å². The van der Waals surface area contributed by atoms with E-state index in [4.69, 9.17) is 4.74 Å². The van der Waals surface area contributed by atoms with Crippen LogP contribution in [0.25, 0.3) is 0 Å². The number of nitrogens with one attached hydrogen (secondary N) is 1. The van der Waals surface area contributed by atoms with Crippen molar-refractivity contribution >= 4 is 17.7 Å². The van der Waals surface area contributed by atoms with Gasteiger partial charge in [0.25, 0.3) is 0 Å². The number of carbonyl (C=O) groups is 1. The van der Waals surface area contributed by atoms with Crippen molar-refractivity contribution in [3.8, 4) is 5.75 Å². The minimum Gasteiger partial charge on any atom is -0.497 e. The highest BCUT2D eigenvalue weighted by Crippen LogP contribution is 2.17. The minimum absolute atomic E-state index is 0.0201. The number of hydrogen-bond donors (Lipinski definition) is 1. The van der Waals surface area contributed by atoms with Crippen molar-refractivity contribution in [3.63, 3.8) is 0 Å². The zero-order valence-electron chi connectivity index (χ0n) is 16.0. The number of methoxy groups -OCH3 is 1. The lowest BCUT2D eigenvalue weighted by Crippen LogP contribution is -2.26. The van der Waals surface area contributed by atoms with Gasteiger partial charge in [0.15, 0.2) is 5.16 Å². The Kier molecular flexibility index (Phi) is 7.97. The zero-order chi connectivity index (χ0) is 18.9. The molecule has 0 fully saturated rings. The highest BCUT2D eigenvalue weighted by atomic mass is 32.2. The van der Waals surface area contributed by atoms with Gasteiger partial charge in [0.05, 0.1) is 13.5 Å². The van der Waals surface area contributed by atoms with Crippen LogP contribution in [-0.2, 0) is 24.2 Å². The van der Waals surface area contributed by atoms with Gasteiger partial charge in [-0.3, -0.25) is 4.79 Å². The third kappa shape index (κ3) is 6.05. The number of aryl methyl sites for hydroxylation is 1. The molecule has 0 spiro atoms. The first kappa shape index (κ1) is 20.3. The third-order valence-electron chi connectivity index (χ3n) is 3.92. The van der Waals surface area contributed by atoms with Crippen LogP contribution in [0.2, 0.25) is 0 Å². The third-order valence-corrected chi connectivity index (χ3v) is 4.59. The van der Waals surface area contributed by atoms with Crippen molar-refractivity contribution < 1.29 is 9.53 Å². The van der Waals surface area contributed by atoms with Gasteiger partial charge in [0.1, 0.15) is 11.6 Å². The maximum atomic E-state index is 12.1. The maximum Gasteiger partial charge on any atom is 0.224 e. The molecule has 1 aromatic heterocycles. The Morgan fingerprint density at radius 1 is 1.35 bits per heavy atom. The summed E-state index contributed by atoms with van der Waals surface area (Å²) >= 11 is 1.62. The first-order valence-electron chi connectivity index (χ1n) is 8.89. The predicted molar refractivity (Wildman–Crippen MR) is 105 cm³/mol. The maximum absolute atomic E-state index is 12.1. The Labute approximate surface area is 159 Å². The van der Waals surface area contributed by atoms with Crippen LogP contribution in [0.1, 0.15) is 31.7 Å². The molecular formula is C19H28N4O2S. The Bertz CT molecular complexity index is 715. The first-order valence-corrected chi connectivity index (χ1v) is 10.1. The fourth-order valence-electron chi connectivity index (χ4n) is 2.71. The van der Waals surface area contributed by atoms with Crippen molar-refractivity contribution in [2.75, 3.05) is 19.9 Å². The average molecular weight is 377 g/mol. The predicted octanol–water partition coefficient (Wildman–Crippen LogP) is 2.96. The van der Waals surface area contributed by atoms with Crippen molar-refractivity contribution in [2.24, 2.45) is 5.92 Å². The second-order valence-corrected chi connectivity index (χ2v) is 7.36. The number of benzene rings is 1. The van der Waals surface area contributed by atoms with Crippen molar-refractivity contribution in [2.45, 2.75) is 44.8 Å². The molecule has 0 aliphatic rings. The van der Waals surface area contributed by atoms with E-state index < -0.39 is 0 Å². The molecule has 1 amide bonds. The summed E-state index contributed by atoms with van der Waals surface area (Å²) in [6.07, 6.45) is 4.02. The zero-order valence-corrected chi connectivity index (χ0v) is 16.8. The number of ether oxygens (including phenoxy) is 1. The van der Waals surface area contributed by atoms with E-state index in [0.717, 1.165) is 41.7 Å². The van der Waals surface area contributed by atoms with Crippen molar-refractivity contribution in [3.05, 3.63) is 35.7 Å². The van der Waals surface area contributed by atoms with Crippen LogP contribution in [0.4, 0.5) is 0 Å². The largest absolute Gasteiger partial charge is 0.497 e. The Morgan fingerprint density at radius 3 is 2.85 bits per heavy atom. The van der Waals surface area contributed by atoms with E-state index in [1.54, 1.807) is 18.9 Å². The Balaban J connectivity index is 1.79. The summed E-state index contributed by atoms with van der Waals surface area (Å²) < 4.78 is 7.37. The van der Waals surface area contributed by atoms with Crippen molar-refractivity contribution in [1.29, 1.82) is 0 Å². The van der Waals surface area contributed by atoms with E-state index in [1.165, 1.54) is 0 Å². The molecule has 2 rings (SSSR count). The van der Waals surface area contributed by atoms with Crippen LogP contribution in [0, 0.1) is 5.92 Å². The lowest BCUT2D eigenvalue weighted by Gasteiger charge is -2.12. The van der Waals surface area contributed by atoms with Gasteiger partial charge in [-0.15, -0.1) is 10.2 Å². The molecule has 1 heterocycles. The topological polar surface area (TPSA) is 69.0 Å². The molecule has 0 radical (unpaired) electrons. The average Bonchev–Trinajstić information content (AvgIpc) is 3.00. The SMILES string of the molecule is COc1cccc(CC(=O)NCCCc2nnc(SC)n2CC(C)C)c1. The smallest absolute Gasteiger partial charge is 0.224 e. The fourth-order valence-corrected chi connectivity index (χ4v) is 3.23. The van der Waals surface area contributed by atoms with Gasteiger partial charge in [-0.1, -0.05) is 37.7 Å². The van der Waals surface area contributed by atoms with E-state index in [0.29, 0.717) is 18.9 Å². The summed E-state index contributed by atoms with van der Waals surface area (Å²) in [5.74, 6) is 2.32. The summed E-state index contributed by atoms with van der Waals surface area (Å²) in [5.41, 5.74) is 0.947. The summed E-state index contributed by atoms with van der Waals surface area (Å²) in [4.78, 5) is 12.1. The van der Waals surface area contributed by atoms with Gasteiger partial charge in [-0.2, -0.15) is 0 Å². The van der Waals surface area contributed by atoms with Crippen LogP contribution in [0.3, 0.4) is 0 Å². The van der Waals surface area contributed by atoms with Gasteiger partial charge in [0.2, 0.25) is 5.91 Å². The number of amides is 1. The van der Waals surface area contributed by atoms with E-state index >= 15 is 0 Å². The Morgan fingerprint density at radius 2 is 2.15 bits per heavy atom. The molecule has 0 bridgehead atoms. The molecular weight excluding hydrogens is 348 g/mol. The van der Waals surface area contributed by atoms with Gasteiger partial charge >= 0.3 is 0 Å². The summed E-state index contributed by atoms with van der Waals surface area (Å²) in [5, 5.41) is 12.5. The molecule has 0 aliphatic carbocycles. The molecule has 7 heteroatoms. The highest BCUT2D eigenvalue weighted by Gasteiger charge is 2.12. The van der Waals surface area contributed by atoms with Crippen LogP contribution >= 0.6 is 11.8 Å². The standard InChI is InChI=1S/C19H28N4O2S/c1-14(2)13-23-17(21-22-19(23)26-4)9-6-10-20-18(24)12-15-7-5-8-16(11-15)25-3/h5,7-8,11,14H,6,9-10,12-13H2,1-4H3,(H,20,24). The molecule has 0 unspecified atom stereocenters. The van der Waals surface area contributed by atoms with Crippen LogP contribution < -0.4 is 10.1 Å². The summed E-state index contributed by atoms with van der Waals surface area (Å²) in [7, 11) is 1.62. The van der Waals surface area contributed by atoms with Gasteiger partial charge in [-0.05, 0) is 36.3 Å². The molecule has 142 valence electrons. The number of rotatable bonds is 10. The van der Waals surface area contributed by atoms with Gasteiger partial charge in [0, 0.05) is 19.5 Å². The molecule has 1 aromatic carbocycles. The number of carbonyl (C=O) groups excluding carboxylic acids is 1. The molecule has 0 aliphatic heterocycles. The van der Waals surface area contributed by atoms with Crippen molar-refractivity contribution in [1.82, 2.24) is 20.1 Å². The fraction of sp³-hybridized carbons (Fsp3) is 0.526. The Hall–Kier alpha value is -2.02. The molecule has 2 aromatic rings. The monoisotopic (exact) mass is 376 g/mol. The van der Waals surface area contributed by atoms with Crippen LogP contribution in [0.15, 0.2) is 29.4 Å². The molecule has 0 saturated carbocycles. The molecule has 6 nitrogen and oxygen atoms in total. The highest BCUT2D eigenvalue weighted by molar-refractivity contribution is 7.98. The first-order chi connectivity index (χ1) is 12.5. The normalized spacial score (nSPS) is 11.0. The minimum atomic E-state index is 0.0201. The second kappa shape index (κ2) is 10.2. The van der Waals surface area contributed by atoms with Gasteiger partial charge in [-0.25, -0.2) is 0 Å². The number of nitrogens with zero attached hydrogens (tertiary/aromatic N) is 3. The molecule has 1 N–H and O–H groups in total. The number of thioether (sulfide) groups is 1. The lowest BCUT2D eigenvalue weighted by molar-refractivity contribution is -0.120. The molecule has 0 saturated heterocycles. The molecule has 26 heavy (non-hydrogen) atoms. The van der Waals surface area contributed by atoms with E-state index in [-0.39, 0.29) is 5.91 Å². The van der Waals surface area contributed by atoms with E-state index in [1.807, 2.05) is 30.5 Å². The summed E-state index contributed by atoms with van der Waals surface area (Å²) in [6, 6.07) is 7.59.